The normalized spacial score (nSPS) is 16.5. The van der Waals surface area contributed by atoms with E-state index in [0.29, 0.717) is 24.7 Å². The minimum atomic E-state index is -0.158. The molecule has 194 valence electrons. The first-order chi connectivity index (χ1) is 18.2. The Labute approximate surface area is 216 Å². The van der Waals surface area contributed by atoms with Gasteiger partial charge < -0.3 is 30.1 Å². The van der Waals surface area contributed by atoms with E-state index >= 15 is 0 Å². The number of aliphatic hydroxyl groups excluding tert-OH is 1. The maximum Gasteiger partial charge on any atom is 0.250 e. The van der Waals surface area contributed by atoms with E-state index in [9.17, 15) is 9.90 Å². The third-order valence-corrected chi connectivity index (χ3v) is 6.62. The van der Waals surface area contributed by atoms with E-state index in [-0.39, 0.29) is 25.2 Å². The number of nitrogens with one attached hydrogen (secondary N) is 2. The van der Waals surface area contributed by atoms with Gasteiger partial charge in [0.15, 0.2) is 5.82 Å². The Hall–Kier alpha value is -3.37. The van der Waals surface area contributed by atoms with Crippen LogP contribution in [0.25, 0.3) is 22.6 Å². The van der Waals surface area contributed by atoms with Crippen molar-refractivity contribution in [2.24, 2.45) is 0 Å². The molecular weight excluding hydrogens is 470 g/mol. The van der Waals surface area contributed by atoms with Crippen LogP contribution in [0.5, 0.6) is 0 Å². The molecule has 3 heterocycles. The number of carbonyl (C=O) groups excluding carboxylic acids is 1. The number of nitrogens with zero attached hydrogens (tertiary/aromatic N) is 3. The second kappa shape index (κ2) is 12.2. The molecule has 2 aromatic carbocycles. The SMILES string of the molecule is O=C(COC1CCNCC1)Nc1ccc(-c2cc(N3CCOCC3)nc(-c3cccc(CO)c3)n2)cc1. The van der Waals surface area contributed by atoms with Gasteiger partial charge in [0.25, 0.3) is 0 Å². The molecule has 0 saturated carbocycles. The van der Waals surface area contributed by atoms with Crippen LogP contribution in [0, 0.1) is 0 Å². The number of ether oxygens (including phenoxy) is 2. The highest BCUT2D eigenvalue weighted by atomic mass is 16.5. The van der Waals surface area contributed by atoms with Crippen molar-refractivity contribution in [3.63, 3.8) is 0 Å². The lowest BCUT2D eigenvalue weighted by Gasteiger charge is -2.28. The summed E-state index contributed by atoms with van der Waals surface area (Å²) in [7, 11) is 0. The number of aliphatic hydroxyl groups is 1. The van der Waals surface area contributed by atoms with Crippen LogP contribution >= 0.6 is 0 Å². The second-order valence-corrected chi connectivity index (χ2v) is 9.28. The van der Waals surface area contributed by atoms with E-state index in [1.54, 1.807) is 0 Å². The van der Waals surface area contributed by atoms with Gasteiger partial charge in [-0.2, -0.15) is 0 Å². The van der Waals surface area contributed by atoms with Gasteiger partial charge in [-0.1, -0.05) is 30.3 Å². The van der Waals surface area contributed by atoms with Crippen LogP contribution in [-0.2, 0) is 20.9 Å². The monoisotopic (exact) mass is 503 g/mol. The molecule has 5 rings (SSSR count). The highest BCUT2D eigenvalue weighted by Gasteiger charge is 2.18. The van der Waals surface area contributed by atoms with Crippen LogP contribution in [0.2, 0.25) is 0 Å². The maximum absolute atomic E-state index is 12.4. The number of amides is 1. The lowest BCUT2D eigenvalue weighted by Crippen LogP contribution is -2.36. The zero-order valence-electron chi connectivity index (χ0n) is 20.9. The fourth-order valence-electron chi connectivity index (χ4n) is 4.55. The summed E-state index contributed by atoms with van der Waals surface area (Å²) in [5.41, 5.74) is 4.07. The lowest BCUT2D eigenvalue weighted by atomic mass is 10.1. The summed E-state index contributed by atoms with van der Waals surface area (Å²) in [5, 5.41) is 15.8. The third-order valence-electron chi connectivity index (χ3n) is 6.62. The highest BCUT2D eigenvalue weighted by molar-refractivity contribution is 5.92. The fourth-order valence-corrected chi connectivity index (χ4v) is 4.55. The number of anilines is 2. The number of benzene rings is 2. The quantitative estimate of drug-likeness (QED) is 0.431. The van der Waals surface area contributed by atoms with Crippen molar-refractivity contribution in [1.29, 1.82) is 0 Å². The highest BCUT2D eigenvalue weighted by Crippen LogP contribution is 2.28. The molecule has 0 radical (unpaired) electrons. The van der Waals surface area contributed by atoms with Gasteiger partial charge in [0, 0.05) is 36.0 Å². The fraction of sp³-hybridized carbons (Fsp3) is 0.393. The molecule has 1 aromatic heterocycles. The smallest absolute Gasteiger partial charge is 0.250 e. The van der Waals surface area contributed by atoms with E-state index < -0.39 is 0 Å². The Balaban J connectivity index is 1.34. The number of morpholine rings is 1. The largest absolute Gasteiger partial charge is 0.392 e. The molecule has 3 N–H and O–H groups in total. The lowest BCUT2D eigenvalue weighted by molar-refractivity contribution is -0.123. The molecule has 9 nitrogen and oxygen atoms in total. The first-order valence-electron chi connectivity index (χ1n) is 12.8. The number of aromatic nitrogens is 2. The van der Waals surface area contributed by atoms with E-state index in [2.05, 4.69) is 15.5 Å². The molecule has 2 fully saturated rings. The van der Waals surface area contributed by atoms with Crippen LogP contribution in [0.15, 0.2) is 54.6 Å². The zero-order valence-corrected chi connectivity index (χ0v) is 20.9. The molecule has 0 spiro atoms. The van der Waals surface area contributed by atoms with Gasteiger partial charge >= 0.3 is 0 Å². The standard InChI is InChI=1S/C28H33N5O4/c34-18-20-2-1-3-22(16-20)28-31-25(17-26(32-28)33-12-14-36-15-13-33)21-4-6-23(7-5-21)30-27(35)19-37-24-8-10-29-11-9-24/h1-7,16-17,24,29,34H,8-15,18-19H2,(H,30,35). The summed E-state index contributed by atoms with van der Waals surface area (Å²) >= 11 is 0. The summed E-state index contributed by atoms with van der Waals surface area (Å²) in [6.07, 6.45) is 2.00. The second-order valence-electron chi connectivity index (χ2n) is 9.28. The Morgan fingerprint density at radius 2 is 1.84 bits per heavy atom. The van der Waals surface area contributed by atoms with Gasteiger partial charge in [0.05, 0.1) is 31.6 Å². The Morgan fingerprint density at radius 1 is 1.05 bits per heavy atom. The summed E-state index contributed by atoms with van der Waals surface area (Å²) in [5.74, 6) is 1.28. The molecule has 0 atom stereocenters. The van der Waals surface area contributed by atoms with Crippen molar-refractivity contribution < 1.29 is 19.4 Å². The van der Waals surface area contributed by atoms with Crippen molar-refractivity contribution in [3.8, 4) is 22.6 Å². The van der Waals surface area contributed by atoms with E-state index in [1.165, 1.54) is 0 Å². The summed E-state index contributed by atoms with van der Waals surface area (Å²) < 4.78 is 11.3. The Bertz CT molecular complexity index is 1190. The Morgan fingerprint density at radius 3 is 2.59 bits per heavy atom. The molecule has 0 bridgehead atoms. The van der Waals surface area contributed by atoms with Crippen LogP contribution in [0.4, 0.5) is 11.5 Å². The molecule has 9 heteroatoms. The number of carbonyl (C=O) groups is 1. The molecule has 3 aromatic rings. The van der Waals surface area contributed by atoms with Crippen molar-refractivity contribution in [2.75, 3.05) is 56.2 Å². The van der Waals surface area contributed by atoms with E-state index in [1.807, 2.05) is 54.6 Å². The van der Waals surface area contributed by atoms with Gasteiger partial charge in [-0.3, -0.25) is 4.79 Å². The first kappa shape index (κ1) is 25.3. The van der Waals surface area contributed by atoms with Gasteiger partial charge in [-0.25, -0.2) is 9.97 Å². The van der Waals surface area contributed by atoms with E-state index in [0.717, 1.165) is 67.2 Å². The third kappa shape index (κ3) is 6.69. The molecule has 2 aliphatic heterocycles. The van der Waals surface area contributed by atoms with Gasteiger partial charge in [-0.15, -0.1) is 0 Å². The average molecular weight is 504 g/mol. The van der Waals surface area contributed by atoms with Gasteiger partial charge in [0.1, 0.15) is 12.4 Å². The average Bonchev–Trinajstić information content (AvgIpc) is 2.97. The minimum absolute atomic E-state index is 0.0417. The molecule has 1 amide bonds. The molecule has 37 heavy (non-hydrogen) atoms. The van der Waals surface area contributed by atoms with Crippen molar-refractivity contribution >= 4 is 17.4 Å². The molecular formula is C28H33N5O4. The van der Waals surface area contributed by atoms with Crippen LogP contribution in [-0.4, -0.2) is 73.1 Å². The minimum Gasteiger partial charge on any atom is -0.392 e. The van der Waals surface area contributed by atoms with Crippen molar-refractivity contribution in [1.82, 2.24) is 15.3 Å². The van der Waals surface area contributed by atoms with Gasteiger partial charge in [0.2, 0.25) is 5.91 Å². The predicted octanol–water partition coefficient (Wildman–Crippen LogP) is 2.85. The van der Waals surface area contributed by atoms with Crippen molar-refractivity contribution in [2.45, 2.75) is 25.6 Å². The Kier molecular flexibility index (Phi) is 8.37. The van der Waals surface area contributed by atoms with Crippen molar-refractivity contribution in [3.05, 3.63) is 60.2 Å². The zero-order chi connectivity index (χ0) is 25.5. The van der Waals surface area contributed by atoms with Crippen LogP contribution in [0.3, 0.4) is 0 Å². The first-order valence-corrected chi connectivity index (χ1v) is 12.8. The summed E-state index contributed by atoms with van der Waals surface area (Å²) in [6.45, 7) is 4.71. The van der Waals surface area contributed by atoms with Crippen LogP contribution in [0.1, 0.15) is 18.4 Å². The summed E-state index contributed by atoms with van der Waals surface area (Å²) in [4.78, 5) is 24.3. The molecule has 2 aliphatic rings. The topological polar surface area (TPSA) is 109 Å². The number of hydrogen-bond donors (Lipinski definition) is 3. The number of hydrogen-bond acceptors (Lipinski definition) is 8. The number of piperidine rings is 1. The molecule has 2 saturated heterocycles. The maximum atomic E-state index is 12.4. The summed E-state index contributed by atoms with van der Waals surface area (Å²) in [6, 6.07) is 17.3. The molecule has 0 unspecified atom stereocenters. The van der Waals surface area contributed by atoms with Crippen LogP contribution < -0.4 is 15.5 Å². The molecule has 0 aliphatic carbocycles. The van der Waals surface area contributed by atoms with Gasteiger partial charge in [-0.05, 0) is 49.7 Å². The number of rotatable bonds is 8. The predicted molar refractivity (Wildman–Crippen MR) is 142 cm³/mol. The van der Waals surface area contributed by atoms with E-state index in [4.69, 9.17) is 19.4 Å².